The summed E-state index contributed by atoms with van der Waals surface area (Å²) in [6, 6.07) is 3.66. The Labute approximate surface area is 111 Å². The summed E-state index contributed by atoms with van der Waals surface area (Å²) >= 11 is 0. The van der Waals surface area contributed by atoms with Crippen molar-refractivity contribution in [2.24, 2.45) is 0 Å². The monoisotopic (exact) mass is 268 g/mol. The Morgan fingerprint density at radius 1 is 1.32 bits per heavy atom. The molecule has 0 bridgehead atoms. The molecule has 19 heavy (non-hydrogen) atoms. The van der Waals surface area contributed by atoms with E-state index in [0.29, 0.717) is 18.7 Å². The second-order valence-corrected chi connectivity index (χ2v) is 5.13. The van der Waals surface area contributed by atoms with Crippen LogP contribution >= 0.6 is 0 Å². The molecule has 0 saturated carbocycles. The minimum Gasteiger partial charge on any atom is -0.337 e. The number of carbonyl (C=O) groups excluding carboxylic acids is 1. The third-order valence-corrected chi connectivity index (χ3v) is 3.48. The van der Waals surface area contributed by atoms with Gasteiger partial charge in [-0.15, -0.1) is 0 Å². The average molecular weight is 268 g/mol. The van der Waals surface area contributed by atoms with Crippen molar-refractivity contribution in [3.8, 4) is 0 Å². The number of carbonyl (C=O) groups is 1. The Balaban J connectivity index is 2.09. The van der Waals surface area contributed by atoms with E-state index in [9.17, 15) is 13.6 Å². The third kappa shape index (κ3) is 3.10. The molecule has 1 saturated heterocycles. The predicted molar refractivity (Wildman–Crippen MR) is 68.5 cm³/mol. The van der Waals surface area contributed by atoms with Crippen LogP contribution in [0.25, 0.3) is 0 Å². The van der Waals surface area contributed by atoms with Gasteiger partial charge in [0.1, 0.15) is 0 Å². The number of hydrogen-bond acceptors (Lipinski definition) is 2. The van der Waals surface area contributed by atoms with Crippen LogP contribution in [0.15, 0.2) is 18.2 Å². The lowest BCUT2D eigenvalue weighted by atomic mass is 10.0. The van der Waals surface area contributed by atoms with Crippen LogP contribution < -0.4 is 0 Å². The largest absolute Gasteiger partial charge is 0.337 e. The zero-order valence-electron chi connectivity index (χ0n) is 11.2. The molecule has 2 rings (SSSR count). The van der Waals surface area contributed by atoms with E-state index >= 15 is 0 Å². The van der Waals surface area contributed by atoms with E-state index in [0.717, 1.165) is 25.0 Å². The maximum atomic E-state index is 13.1. The summed E-state index contributed by atoms with van der Waals surface area (Å²) in [4.78, 5) is 15.9. The minimum atomic E-state index is -0.869. The van der Waals surface area contributed by atoms with Gasteiger partial charge in [-0.25, -0.2) is 8.78 Å². The van der Waals surface area contributed by atoms with Crippen molar-refractivity contribution in [2.45, 2.75) is 25.4 Å². The van der Waals surface area contributed by atoms with Crippen molar-refractivity contribution < 1.29 is 13.6 Å². The SMILES string of the molecule is CN(C)[C@@H]1CCCN(Cc2ccc(F)c(F)c2)C1=O. The van der Waals surface area contributed by atoms with Crippen LogP contribution in [-0.2, 0) is 11.3 Å². The highest BCUT2D eigenvalue weighted by Gasteiger charge is 2.30. The van der Waals surface area contributed by atoms with Gasteiger partial charge in [-0.05, 0) is 44.6 Å². The van der Waals surface area contributed by atoms with E-state index in [1.165, 1.54) is 6.07 Å². The maximum absolute atomic E-state index is 13.1. The molecule has 1 aromatic rings. The standard InChI is InChI=1S/C14H18F2N2O/c1-17(2)13-4-3-7-18(14(13)19)9-10-5-6-11(15)12(16)8-10/h5-6,8,13H,3-4,7,9H2,1-2H3/t13-/m1/s1. The number of piperidine rings is 1. The smallest absolute Gasteiger partial charge is 0.240 e. The first-order chi connectivity index (χ1) is 8.99. The predicted octanol–water partition coefficient (Wildman–Crippen LogP) is 2.02. The highest BCUT2D eigenvalue weighted by molar-refractivity contribution is 5.82. The molecule has 1 aromatic carbocycles. The minimum absolute atomic E-state index is 0.0565. The Morgan fingerprint density at radius 2 is 2.05 bits per heavy atom. The fourth-order valence-electron chi connectivity index (χ4n) is 2.41. The lowest BCUT2D eigenvalue weighted by molar-refractivity contribution is -0.139. The van der Waals surface area contributed by atoms with Crippen LogP contribution in [0.1, 0.15) is 18.4 Å². The molecular formula is C14H18F2N2O. The molecule has 0 aliphatic carbocycles. The van der Waals surface area contributed by atoms with Crippen molar-refractivity contribution in [3.05, 3.63) is 35.4 Å². The van der Waals surface area contributed by atoms with E-state index in [1.54, 1.807) is 4.90 Å². The number of likely N-dealkylation sites (N-methyl/N-ethyl adjacent to an activating group) is 1. The molecular weight excluding hydrogens is 250 g/mol. The number of halogens is 2. The van der Waals surface area contributed by atoms with Gasteiger partial charge in [0.05, 0.1) is 6.04 Å². The normalized spacial score (nSPS) is 20.2. The van der Waals surface area contributed by atoms with Crippen LogP contribution in [0.4, 0.5) is 8.78 Å². The molecule has 3 nitrogen and oxygen atoms in total. The van der Waals surface area contributed by atoms with Crippen LogP contribution in [0.2, 0.25) is 0 Å². The molecule has 1 aliphatic heterocycles. The van der Waals surface area contributed by atoms with E-state index in [2.05, 4.69) is 0 Å². The van der Waals surface area contributed by atoms with Gasteiger partial charge in [0.2, 0.25) is 5.91 Å². The summed E-state index contributed by atoms with van der Waals surface area (Å²) in [5, 5.41) is 0. The molecule has 1 atom stereocenters. The Kier molecular flexibility index (Phi) is 4.14. The summed E-state index contributed by atoms with van der Waals surface area (Å²) in [5.41, 5.74) is 0.617. The highest BCUT2D eigenvalue weighted by atomic mass is 19.2. The number of likely N-dealkylation sites (tertiary alicyclic amines) is 1. The van der Waals surface area contributed by atoms with Gasteiger partial charge in [0.15, 0.2) is 11.6 Å². The van der Waals surface area contributed by atoms with Crippen LogP contribution in [0, 0.1) is 11.6 Å². The average Bonchev–Trinajstić information content (AvgIpc) is 2.36. The van der Waals surface area contributed by atoms with Gasteiger partial charge < -0.3 is 4.90 Å². The molecule has 0 spiro atoms. The van der Waals surface area contributed by atoms with Crippen LogP contribution in [-0.4, -0.2) is 42.4 Å². The quantitative estimate of drug-likeness (QED) is 0.837. The second-order valence-electron chi connectivity index (χ2n) is 5.13. The Hall–Kier alpha value is -1.49. The first-order valence-corrected chi connectivity index (χ1v) is 6.38. The number of nitrogens with zero attached hydrogens (tertiary/aromatic N) is 2. The number of rotatable bonds is 3. The van der Waals surface area contributed by atoms with E-state index in [-0.39, 0.29) is 11.9 Å². The van der Waals surface area contributed by atoms with Crippen molar-refractivity contribution in [1.82, 2.24) is 9.80 Å². The molecule has 1 aliphatic rings. The molecule has 5 heteroatoms. The van der Waals surface area contributed by atoms with Gasteiger partial charge >= 0.3 is 0 Å². The van der Waals surface area contributed by atoms with Crippen molar-refractivity contribution >= 4 is 5.91 Å². The summed E-state index contributed by atoms with van der Waals surface area (Å²) in [7, 11) is 3.76. The van der Waals surface area contributed by atoms with Crippen LogP contribution in [0.5, 0.6) is 0 Å². The summed E-state index contributed by atoms with van der Waals surface area (Å²) in [6.45, 7) is 1.00. The second kappa shape index (κ2) is 5.65. The molecule has 1 fully saturated rings. The molecule has 0 unspecified atom stereocenters. The molecule has 104 valence electrons. The fourth-order valence-corrected chi connectivity index (χ4v) is 2.41. The van der Waals surface area contributed by atoms with Gasteiger partial charge in [0, 0.05) is 13.1 Å². The summed E-state index contributed by atoms with van der Waals surface area (Å²) < 4.78 is 26.0. The maximum Gasteiger partial charge on any atom is 0.240 e. The summed E-state index contributed by atoms with van der Waals surface area (Å²) in [5.74, 6) is -1.67. The Morgan fingerprint density at radius 3 is 2.68 bits per heavy atom. The molecule has 0 aromatic heterocycles. The van der Waals surface area contributed by atoms with Gasteiger partial charge in [0.25, 0.3) is 0 Å². The van der Waals surface area contributed by atoms with E-state index < -0.39 is 11.6 Å². The fraction of sp³-hybridized carbons (Fsp3) is 0.500. The number of hydrogen-bond donors (Lipinski definition) is 0. The van der Waals surface area contributed by atoms with Gasteiger partial charge in [-0.2, -0.15) is 0 Å². The third-order valence-electron chi connectivity index (χ3n) is 3.48. The zero-order chi connectivity index (χ0) is 14.0. The zero-order valence-corrected chi connectivity index (χ0v) is 11.2. The van der Waals surface area contributed by atoms with Gasteiger partial charge in [-0.3, -0.25) is 9.69 Å². The summed E-state index contributed by atoms with van der Waals surface area (Å²) in [6.07, 6.45) is 1.78. The highest BCUT2D eigenvalue weighted by Crippen LogP contribution is 2.18. The lowest BCUT2D eigenvalue weighted by Gasteiger charge is -2.35. The van der Waals surface area contributed by atoms with E-state index in [1.807, 2.05) is 19.0 Å². The molecule has 1 amide bonds. The first-order valence-electron chi connectivity index (χ1n) is 6.38. The lowest BCUT2D eigenvalue weighted by Crippen LogP contribution is -2.49. The molecule has 0 N–H and O–H groups in total. The topological polar surface area (TPSA) is 23.6 Å². The molecule has 0 radical (unpaired) electrons. The number of benzene rings is 1. The first kappa shape index (κ1) is 13.9. The molecule has 1 heterocycles. The Bertz CT molecular complexity index is 477. The van der Waals surface area contributed by atoms with Crippen molar-refractivity contribution in [3.63, 3.8) is 0 Å². The van der Waals surface area contributed by atoms with E-state index in [4.69, 9.17) is 0 Å². The van der Waals surface area contributed by atoms with Crippen LogP contribution in [0.3, 0.4) is 0 Å². The van der Waals surface area contributed by atoms with Gasteiger partial charge in [-0.1, -0.05) is 6.07 Å². The number of amides is 1. The van der Waals surface area contributed by atoms with Crippen molar-refractivity contribution in [1.29, 1.82) is 0 Å². The van der Waals surface area contributed by atoms with Crippen molar-refractivity contribution in [2.75, 3.05) is 20.6 Å².